The van der Waals surface area contributed by atoms with Crippen molar-refractivity contribution in [2.45, 2.75) is 31.8 Å². The van der Waals surface area contributed by atoms with Gasteiger partial charge in [0, 0.05) is 6.42 Å². The number of imide groups is 1. The third-order valence-electron chi connectivity index (χ3n) is 3.43. The van der Waals surface area contributed by atoms with Crippen LogP contribution >= 0.6 is 0 Å². The predicted octanol–water partition coefficient (Wildman–Crippen LogP) is -0.641. The summed E-state index contributed by atoms with van der Waals surface area (Å²) in [6.07, 6.45) is -0.760. The Morgan fingerprint density at radius 3 is 2.48 bits per heavy atom. The third-order valence-corrected chi connectivity index (χ3v) is 3.43. The summed E-state index contributed by atoms with van der Waals surface area (Å²) in [6.45, 7) is 3.43. The Bertz CT molecular complexity index is 465. The van der Waals surface area contributed by atoms with Crippen molar-refractivity contribution in [3.05, 3.63) is 0 Å². The quantitative estimate of drug-likeness (QED) is 0.529. The van der Waals surface area contributed by atoms with Crippen LogP contribution in [0.2, 0.25) is 0 Å². The van der Waals surface area contributed by atoms with E-state index in [-0.39, 0.29) is 26.2 Å². The summed E-state index contributed by atoms with van der Waals surface area (Å²) < 4.78 is 9.80. The first-order chi connectivity index (χ1) is 9.93. The summed E-state index contributed by atoms with van der Waals surface area (Å²) in [5.74, 6) is -1.19. The molecular weight excluding hydrogens is 282 g/mol. The number of carbonyl (C=O) groups excluding carboxylic acids is 4. The average molecular weight is 299 g/mol. The van der Waals surface area contributed by atoms with E-state index in [1.807, 2.05) is 0 Å². The molecule has 2 aliphatic heterocycles. The van der Waals surface area contributed by atoms with E-state index in [9.17, 15) is 19.2 Å². The first-order valence-corrected chi connectivity index (χ1v) is 6.67. The molecule has 2 atom stereocenters. The molecule has 0 radical (unpaired) electrons. The molecule has 116 valence electrons. The number of nitrogens with zero attached hydrogens (tertiary/aromatic N) is 1. The number of hydrogen-bond donors (Lipinski definition) is 2. The summed E-state index contributed by atoms with van der Waals surface area (Å²) in [7, 11) is 0. The van der Waals surface area contributed by atoms with Gasteiger partial charge >= 0.3 is 18.1 Å². The molecule has 2 N–H and O–H groups in total. The number of rotatable bonds is 3. The zero-order chi connectivity index (χ0) is 15.6. The zero-order valence-electron chi connectivity index (χ0n) is 11.8. The summed E-state index contributed by atoms with van der Waals surface area (Å²) in [5, 5.41) is 4.59. The van der Waals surface area contributed by atoms with Gasteiger partial charge < -0.3 is 14.8 Å². The molecule has 0 bridgehead atoms. The van der Waals surface area contributed by atoms with Crippen LogP contribution < -0.4 is 10.6 Å². The van der Waals surface area contributed by atoms with Crippen molar-refractivity contribution in [3.8, 4) is 0 Å². The van der Waals surface area contributed by atoms with E-state index in [2.05, 4.69) is 10.6 Å². The van der Waals surface area contributed by atoms with Gasteiger partial charge in [-0.05, 0) is 13.8 Å². The molecule has 0 aromatic heterocycles. The van der Waals surface area contributed by atoms with Gasteiger partial charge in [0.1, 0.15) is 11.6 Å². The van der Waals surface area contributed by atoms with Gasteiger partial charge in [-0.25, -0.2) is 14.4 Å². The standard InChI is InChI=1S/C12H17N3O6/c1-3-20-8(16)7-5-12(9(17)13-10(18)14-12)6-15(7)11(19)21-4-2/h7H,3-6H2,1-2H3,(H2,13,14,17,18). The summed E-state index contributed by atoms with van der Waals surface area (Å²) in [6, 6.07) is -1.61. The maximum absolute atomic E-state index is 12.0. The van der Waals surface area contributed by atoms with Crippen LogP contribution in [0.1, 0.15) is 20.3 Å². The first kappa shape index (κ1) is 15.1. The molecule has 0 saturated carbocycles. The van der Waals surface area contributed by atoms with Gasteiger partial charge in [0.25, 0.3) is 5.91 Å². The van der Waals surface area contributed by atoms with E-state index in [0.29, 0.717) is 0 Å². The second-order valence-corrected chi connectivity index (χ2v) is 4.79. The Morgan fingerprint density at radius 2 is 1.95 bits per heavy atom. The predicted molar refractivity (Wildman–Crippen MR) is 68.2 cm³/mol. The van der Waals surface area contributed by atoms with Crippen LogP contribution in [-0.2, 0) is 19.1 Å². The number of ether oxygens (including phenoxy) is 2. The van der Waals surface area contributed by atoms with Crippen molar-refractivity contribution >= 4 is 24.0 Å². The van der Waals surface area contributed by atoms with Crippen molar-refractivity contribution in [2.24, 2.45) is 0 Å². The number of likely N-dealkylation sites (tertiary alicyclic amines) is 1. The molecule has 0 aromatic carbocycles. The molecule has 2 heterocycles. The molecule has 2 unspecified atom stereocenters. The van der Waals surface area contributed by atoms with Crippen LogP contribution in [0.5, 0.6) is 0 Å². The van der Waals surface area contributed by atoms with Gasteiger partial charge in [0.05, 0.1) is 19.8 Å². The molecule has 9 nitrogen and oxygen atoms in total. The van der Waals surface area contributed by atoms with E-state index in [4.69, 9.17) is 9.47 Å². The Balaban J connectivity index is 2.24. The number of esters is 1. The minimum Gasteiger partial charge on any atom is -0.464 e. The molecule has 2 aliphatic rings. The summed E-state index contributed by atoms with van der Waals surface area (Å²) in [5.41, 5.74) is -1.30. The molecule has 0 aliphatic carbocycles. The fourth-order valence-corrected chi connectivity index (χ4v) is 2.54. The van der Waals surface area contributed by atoms with Crippen LogP contribution in [0.15, 0.2) is 0 Å². The van der Waals surface area contributed by atoms with E-state index >= 15 is 0 Å². The second kappa shape index (κ2) is 5.58. The summed E-state index contributed by atoms with van der Waals surface area (Å²) >= 11 is 0. The van der Waals surface area contributed by atoms with Crippen LogP contribution in [0.25, 0.3) is 0 Å². The van der Waals surface area contributed by atoms with Crippen molar-refractivity contribution in [3.63, 3.8) is 0 Å². The lowest BCUT2D eigenvalue weighted by molar-refractivity contribution is -0.147. The lowest BCUT2D eigenvalue weighted by atomic mass is 9.96. The maximum Gasteiger partial charge on any atom is 0.410 e. The van der Waals surface area contributed by atoms with E-state index in [1.165, 1.54) is 0 Å². The van der Waals surface area contributed by atoms with Gasteiger partial charge in [-0.2, -0.15) is 0 Å². The Morgan fingerprint density at radius 1 is 1.29 bits per heavy atom. The van der Waals surface area contributed by atoms with Crippen molar-refractivity contribution < 1.29 is 28.7 Å². The Kier molecular flexibility index (Phi) is 4.01. The molecule has 1 spiro atoms. The topological polar surface area (TPSA) is 114 Å². The molecular formula is C12H17N3O6. The number of amides is 4. The SMILES string of the molecule is CCOC(=O)C1CC2(CN1C(=O)OCC)NC(=O)NC2=O. The van der Waals surface area contributed by atoms with Crippen LogP contribution in [0, 0.1) is 0 Å². The van der Waals surface area contributed by atoms with Crippen LogP contribution in [0.3, 0.4) is 0 Å². The molecule has 4 amide bonds. The zero-order valence-corrected chi connectivity index (χ0v) is 11.8. The van der Waals surface area contributed by atoms with Gasteiger partial charge in [-0.1, -0.05) is 0 Å². The van der Waals surface area contributed by atoms with E-state index < -0.39 is 35.6 Å². The average Bonchev–Trinajstić information content (AvgIpc) is 2.92. The lowest BCUT2D eigenvalue weighted by Crippen LogP contribution is -2.49. The monoisotopic (exact) mass is 299 g/mol. The molecule has 9 heteroatoms. The Labute approximate surface area is 120 Å². The highest BCUT2D eigenvalue weighted by Gasteiger charge is 2.58. The normalized spacial score (nSPS) is 27.5. The van der Waals surface area contributed by atoms with Gasteiger partial charge in [-0.3, -0.25) is 15.0 Å². The maximum atomic E-state index is 12.0. The second-order valence-electron chi connectivity index (χ2n) is 4.79. The lowest BCUT2D eigenvalue weighted by Gasteiger charge is -2.22. The van der Waals surface area contributed by atoms with E-state index in [1.54, 1.807) is 13.8 Å². The highest BCUT2D eigenvalue weighted by molar-refractivity contribution is 6.08. The number of hydrogen-bond acceptors (Lipinski definition) is 6. The van der Waals surface area contributed by atoms with Crippen molar-refractivity contribution in [1.82, 2.24) is 15.5 Å². The largest absolute Gasteiger partial charge is 0.464 e. The number of nitrogens with one attached hydrogen (secondary N) is 2. The molecule has 2 rings (SSSR count). The molecule has 2 saturated heterocycles. The van der Waals surface area contributed by atoms with Gasteiger partial charge in [0.15, 0.2) is 0 Å². The van der Waals surface area contributed by atoms with Crippen molar-refractivity contribution in [2.75, 3.05) is 19.8 Å². The van der Waals surface area contributed by atoms with E-state index in [0.717, 1.165) is 4.90 Å². The summed E-state index contributed by atoms with van der Waals surface area (Å²) in [4.78, 5) is 48.3. The Hall–Kier alpha value is -2.32. The highest BCUT2D eigenvalue weighted by Crippen LogP contribution is 2.31. The van der Waals surface area contributed by atoms with Crippen LogP contribution in [-0.4, -0.2) is 60.2 Å². The van der Waals surface area contributed by atoms with Crippen molar-refractivity contribution in [1.29, 1.82) is 0 Å². The fraction of sp³-hybridized carbons (Fsp3) is 0.667. The molecule has 0 aromatic rings. The first-order valence-electron chi connectivity index (χ1n) is 6.67. The van der Waals surface area contributed by atoms with Gasteiger partial charge in [-0.15, -0.1) is 0 Å². The minimum absolute atomic E-state index is 0.0395. The van der Waals surface area contributed by atoms with Gasteiger partial charge in [0.2, 0.25) is 0 Å². The molecule has 21 heavy (non-hydrogen) atoms. The van der Waals surface area contributed by atoms with Crippen LogP contribution in [0.4, 0.5) is 9.59 Å². The number of carbonyl (C=O) groups is 4. The third kappa shape index (κ3) is 2.63. The fourth-order valence-electron chi connectivity index (χ4n) is 2.54. The highest BCUT2D eigenvalue weighted by atomic mass is 16.6. The minimum atomic E-state index is -1.30. The molecule has 2 fully saturated rings. The smallest absolute Gasteiger partial charge is 0.410 e. The number of urea groups is 1.